The van der Waals surface area contributed by atoms with Gasteiger partial charge in [-0.25, -0.2) is 0 Å². The highest BCUT2D eigenvalue weighted by Crippen LogP contribution is 2.38. The van der Waals surface area contributed by atoms with Gasteiger partial charge in [0.15, 0.2) is 0 Å². The minimum absolute atomic E-state index is 0.365. The van der Waals surface area contributed by atoms with Gasteiger partial charge in [-0.15, -0.1) is 0 Å². The summed E-state index contributed by atoms with van der Waals surface area (Å²) in [6.07, 6.45) is 7.81. The van der Waals surface area contributed by atoms with Gasteiger partial charge in [0, 0.05) is 6.42 Å². The van der Waals surface area contributed by atoms with Gasteiger partial charge in [-0.05, 0) is 49.0 Å². The van der Waals surface area contributed by atoms with Crippen LogP contribution in [0.25, 0.3) is 0 Å². The molecule has 1 heterocycles. The van der Waals surface area contributed by atoms with Gasteiger partial charge >= 0.3 is 0 Å². The topological polar surface area (TPSA) is 9.23 Å². The second-order valence-electron chi connectivity index (χ2n) is 6.05. The number of hydrogen-bond donors (Lipinski definition) is 0. The van der Waals surface area contributed by atoms with Crippen LogP contribution >= 0.6 is 0 Å². The van der Waals surface area contributed by atoms with Crippen molar-refractivity contribution in [2.75, 3.05) is 6.61 Å². The lowest BCUT2D eigenvalue weighted by Gasteiger charge is -2.34. The Kier molecular flexibility index (Phi) is 3.08. The van der Waals surface area contributed by atoms with Gasteiger partial charge in [-0.2, -0.15) is 0 Å². The summed E-state index contributed by atoms with van der Waals surface area (Å²) in [4.78, 5) is 0. The first-order valence-corrected chi connectivity index (χ1v) is 6.43. The molecule has 2 rings (SSSR count). The average molecular weight is 208 g/mol. The maximum Gasteiger partial charge on any atom is 0.0954 e. The monoisotopic (exact) mass is 208 g/mol. The molecule has 15 heavy (non-hydrogen) atoms. The van der Waals surface area contributed by atoms with Crippen molar-refractivity contribution in [1.29, 1.82) is 0 Å². The van der Waals surface area contributed by atoms with E-state index in [0.29, 0.717) is 5.41 Å². The molecule has 0 radical (unpaired) electrons. The van der Waals surface area contributed by atoms with Gasteiger partial charge in [0.2, 0.25) is 0 Å². The predicted molar refractivity (Wildman–Crippen MR) is 63.6 cm³/mol. The van der Waals surface area contributed by atoms with Gasteiger partial charge in [-0.3, -0.25) is 0 Å². The molecule has 1 heteroatoms. The van der Waals surface area contributed by atoms with Gasteiger partial charge < -0.3 is 4.74 Å². The minimum atomic E-state index is 0.365. The van der Waals surface area contributed by atoms with E-state index in [1.165, 1.54) is 44.3 Å². The highest BCUT2D eigenvalue weighted by molar-refractivity contribution is 5.15. The molecule has 1 atom stereocenters. The van der Waals surface area contributed by atoms with E-state index < -0.39 is 0 Å². The summed E-state index contributed by atoms with van der Waals surface area (Å²) in [5.74, 6) is 2.10. The van der Waals surface area contributed by atoms with Crippen molar-refractivity contribution in [2.45, 2.75) is 59.3 Å². The van der Waals surface area contributed by atoms with Crippen molar-refractivity contribution >= 4 is 0 Å². The lowest BCUT2D eigenvalue weighted by molar-refractivity contribution is 0.0821. The predicted octanol–water partition coefficient (Wildman–Crippen LogP) is 4.29. The second kappa shape index (κ2) is 4.19. The molecular formula is C14H24O. The van der Waals surface area contributed by atoms with E-state index in [2.05, 4.69) is 20.8 Å². The molecule has 0 fully saturated rings. The maximum atomic E-state index is 6.05. The smallest absolute Gasteiger partial charge is 0.0954 e. The fourth-order valence-corrected chi connectivity index (χ4v) is 2.72. The van der Waals surface area contributed by atoms with Crippen molar-refractivity contribution in [3.63, 3.8) is 0 Å². The molecule has 2 aliphatic rings. The lowest BCUT2D eigenvalue weighted by Crippen LogP contribution is -2.25. The van der Waals surface area contributed by atoms with Crippen molar-refractivity contribution in [2.24, 2.45) is 11.3 Å². The molecule has 0 bridgehead atoms. The molecule has 1 aliphatic carbocycles. The standard InChI is InChI=1S/C14H24O/c1-11-8-9-14(2,3)10-15-13-7-5-4-6-12(11)13/h11H,4-10H2,1-3H3. The lowest BCUT2D eigenvalue weighted by atomic mass is 9.79. The molecule has 1 unspecified atom stereocenters. The number of allylic oxidation sites excluding steroid dienone is 2. The molecule has 1 aliphatic heterocycles. The molecule has 0 aromatic rings. The third-order valence-corrected chi connectivity index (χ3v) is 3.94. The summed E-state index contributed by atoms with van der Waals surface area (Å²) in [5.41, 5.74) is 2.00. The SMILES string of the molecule is CC1CCC(C)(C)COC2=C1CCCC2. The summed E-state index contributed by atoms with van der Waals surface area (Å²) in [7, 11) is 0. The molecule has 0 aromatic carbocycles. The Labute approximate surface area is 93.9 Å². The molecule has 0 spiro atoms. The first kappa shape index (κ1) is 11.0. The molecule has 0 aromatic heterocycles. The Morgan fingerprint density at radius 1 is 1.20 bits per heavy atom. The Morgan fingerprint density at radius 3 is 2.73 bits per heavy atom. The van der Waals surface area contributed by atoms with Crippen LogP contribution in [0, 0.1) is 11.3 Å². The van der Waals surface area contributed by atoms with Crippen LogP contribution in [0.4, 0.5) is 0 Å². The van der Waals surface area contributed by atoms with E-state index in [0.717, 1.165) is 12.5 Å². The summed E-state index contributed by atoms with van der Waals surface area (Å²) in [5, 5.41) is 0. The van der Waals surface area contributed by atoms with Gasteiger partial charge in [0.25, 0.3) is 0 Å². The summed E-state index contributed by atoms with van der Waals surface area (Å²) in [6.45, 7) is 7.95. The summed E-state index contributed by atoms with van der Waals surface area (Å²) >= 11 is 0. The van der Waals surface area contributed by atoms with Gasteiger partial charge in [-0.1, -0.05) is 20.8 Å². The first-order chi connectivity index (χ1) is 7.08. The Bertz CT molecular complexity index is 263. The van der Waals surface area contributed by atoms with Crippen molar-refractivity contribution < 1.29 is 4.74 Å². The molecular weight excluding hydrogens is 184 g/mol. The highest BCUT2D eigenvalue weighted by Gasteiger charge is 2.27. The van der Waals surface area contributed by atoms with Gasteiger partial charge in [0.05, 0.1) is 12.4 Å². The molecule has 0 saturated carbocycles. The third kappa shape index (κ3) is 2.56. The second-order valence-corrected chi connectivity index (χ2v) is 6.05. The quantitative estimate of drug-likeness (QED) is 0.577. The Morgan fingerprint density at radius 2 is 1.93 bits per heavy atom. The van der Waals surface area contributed by atoms with Crippen molar-refractivity contribution in [3.8, 4) is 0 Å². The van der Waals surface area contributed by atoms with Gasteiger partial charge in [0.1, 0.15) is 0 Å². The zero-order chi connectivity index (χ0) is 10.9. The maximum absolute atomic E-state index is 6.05. The molecule has 86 valence electrons. The molecule has 0 N–H and O–H groups in total. The fourth-order valence-electron chi connectivity index (χ4n) is 2.72. The normalized spacial score (nSPS) is 31.3. The zero-order valence-corrected chi connectivity index (χ0v) is 10.4. The Balaban J connectivity index is 2.18. The molecule has 0 saturated heterocycles. The summed E-state index contributed by atoms with van der Waals surface area (Å²) < 4.78 is 6.05. The van der Waals surface area contributed by atoms with Crippen LogP contribution in [0.3, 0.4) is 0 Å². The van der Waals surface area contributed by atoms with Crippen LogP contribution in [0.2, 0.25) is 0 Å². The zero-order valence-electron chi connectivity index (χ0n) is 10.4. The average Bonchev–Trinajstić information content (AvgIpc) is 2.22. The number of hydrogen-bond acceptors (Lipinski definition) is 1. The van der Waals surface area contributed by atoms with Crippen LogP contribution in [0.15, 0.2) is 11.3 Å². The molecule has 1 nitrogen and oxygen atoms in total. The van der Waals surface area contributed by atoms with Crippen LogP contribution in [-0.2, 0) is 4.74 Å². The highest BCUT2D eigenvalue weighted by atomic mass is 16.5. The number of rotatable bonds is 0. The Hall–Kier alpha value is -0.460. The number of ether oxygens (including phenoxy) is 1. The minimum Gasteiger partial charge on any atom is -0.497 e. The van der Waals surface area contributed by atoms with E-state index in [9.17, 15) is 0 Å². The third-order valence-electron chi connectivity index (χ3n) is 3.94. The first-order valence-electron chi connectivity index (χ1n) is 6.43. The van der Waals surface area contributed by atoms with Crippen LogP contribution in [0.1, 0.15) is 59.3 Å². The molecule has 0 amide bonds. The van der Waals surface area contributed by atoms with Crippen molar-refractivity contribution in [3.05, 3.63) is 11.3 Å². The van der Waals surface area contributed by atoms with E-state index in [1.54, 1.807) is 5.57 Å². The van der Waals surface area contributed by atoms with Crippen LogP contribution < -0.4 is 0 Å². The van der Waals surface area contributed by atoms with Crippen LogP contribution in [-0.4, -0.2) is 6.61 Å². The van der Waals surface area contributed by atoms with E-state index in [4.69, 9.17) is 4.74 Å². The van der Waals surface area contributed by atoms with Crippen molar-refractivity contribution in [1.82, 2.24) is 0 Å². The fraction of sp³-hybridized carbons (Fsp3) is 0.857. The largest absolute Gasteiger partial charge is 0.497 e. The van der Waals surface area contributed by atoms with E-state index >= 15 is 0 Å². The summed E-state index contributed by atoms with van der Waals surface area (Å²) in [6, 6.07) is 0. The van der Waals surface area contributed by atoms with E-state index in [1.807, 2.05) is 0 Å². The van der Waals surface area contributed by atoms with E-state index in [-0.39, 0.29) is 0 Å². The van der Waals surface area contributed by atoms with Crippen LogP contribution in [0.5, 0.6) is 0 Å².